The number of hydrogen-bond donors (Lipinski definition) is 1. The van der Waals surface area contributed by atoms with Gasteiger partial charge in [-0.1, -0.05) is 12.1 Å². The topological polar surface area (TPSA) is 59.2 Å². The third-order valence-corrected chi connectivity index (χ3v) is 3.11. The fraction of sp³-hybridized carbons (Fsp3) is 0.167. The molecule has 0 fully saturated rings. The average Bonchev–Trinajstić information content (AvgIpc) is 2.74. The van der Waals surface area contributed by atoms with Crippen molar-refractivity contribution >= 4 is 28.1 Å². The van der Waals surface area contributed by atoms with Gasteiger partial charge in [0.05, 0.1) is 0 Å². The van der Waals surface area contributed by atoms with Gasteiger partial charge in [0, 0.05) is 18.1 Å². The molecule has 1 heterocycles. The first-order valence-corrected chi connectivity index (χ1v) is 6.01. The summed E-state index contributed by atoms with van der Waals surface area (Å²) in [5.41, 5.74) is 7.86. The standard InChI is InChI=1S/C12H13N3OS/c1-8-4-3-5-9(6-8)15(2)11(16)10-7-17-12(13)14-10/h3-7H,1-2H3,(H2,13,14). The van der Waals surface area contributed by atoms with E-state index in [9.17, 15) is 4.79 Å². The molecule has 1 aromatic carbocycles. The summed E-state index contributed by atoms with van der Waals surface area (Å²) in [6, 6.07) is 7.75. The number of nitrogens with two attached hydrogens (primary N) is 1. The molecule has 88 valence electrons. The van der Waals surface area contributed by atoms with Crippen molar-refractivity contribution in [1.82, 2.24) is 4.98 Å². The fourth-order valence-electron chi connectivity index (χ4n) is 1.51. The SMILES string of the molecule is Cc1cccc(N(C)C(=O)c2csc(N)n2)c1. The van der Waals surface area contributed by atoms with Gasteiger partial charge < -0.3 is 10.6 Å². The van der Waals surface area contributed by atoms with E-state index >= 15 is 0 Å². The summed E-state index contributed by atoms with van der Waals surface area (Å²) in [4.78, 5) is 17.6. The average molecular weight is 247 g/mol. The third-order valence-electron chi connectivity index (χ3n) is 2.43. The molecule has 0 bridgehead atoms. The van der Waals surface area contributed by atoms with Crippen molar-refractivity contribution in [2.24, 2.45) is 0 Å². The molecule has 4 nitrogen and oxygen atoms in total. The van der Waals surface area contributed by atoms with Crippen LogP contribution in [0.2, 0.25) is 0 Å². The Labute approximate surface area is 104 Å². The maximum atomic E-state index is 12.1. The highest BCUT2D eigenvalue weighted by atomic mass is 32.1. The van der Waals surface area contributed by atoms with Crippen molar-refractivity contribution in [3.8, 4) is 0 Å². The van der Waals surface area contributed by atoms with Crippen LogP contribution in [0.15, 0.2) is 29.6 Å². The number of hydrogen-bond acceptors (Lipinski definition) is 4. The van der Waals surface area contributed by atoms with E-state index < -0.39 is 0 Å². The van der Waals surface area contributed by atoms with Crippen LogP contribution >= 0.6 is 11.3 Å². The van der Waals surface area contributed by atoms with Crippen LogP contribution in [0.3, 0.4) is 0 Å². The van der Waals surface area contributed by atoms with Gasteiger partial charge in [0.2, 0.25) is 0 Å². The van der Waals surface area contributed by atoms with Gasteiger partial charge in [0.1, 0.15) is 5.69 Å². The highest BCUT2D eigenvalue weighted by molar-refractivity contribution is 7.13. The monoisotopic (exact) mass is 247 g/mol. The quantitative estimate of drug-likeness (QED) is 0.886. The number of anilines is 2. The Hall–Kier alpha value is -1.88. The molecule has 1 aromatic heterocycles. The predicted octanol–water partition coefficient (Wildman–Crippen LogP) is 2.31. The molecule has 0 aliphatic heterocycles. The van der Waals surface area contributed by atoms with E-state index in [-0.39, 0.29) is 5.91 Å². The molecule has 2 rings (SSSR count). The lowest BCUT2D eigenvalue weighted by molar-refractivity contribution is 0.0989. The molecular formula is C12H13N3OS. The molecule has 2 aromatic rings. The number of amides is 1. The Morgan fingerprint density at radius 3 is 2.82 bits per heavy atom. The number of aromatic nitrogens is 1. The number of rotatable bonds is 2. The number of aryl methyl sites for hydroxylation is 1. The van der Waals surface area contributed by atoms with E-state index in [2.05, 4.69) is 4.98 Å². The summed E-state index contributed by atoms with van der Waals surface area (Å²) in [7, 11) is 1.73. The van der Waals surface area contributed by atoms with Crippen molar-refractivity contribution in [3.05, 3.63) is 40.9 Å². The first kappa shape index (κ1) is 11.6. The highest BCUT2D eigenvalue weighted by Gasteiger charge is 2.16. The first-order chi connectivity index (χ1) is 8.08. The lowest BCUT2D eigenvalue weighted by Gasteiger charge is -2.16. The summed E-state index contributed by atoms with van der Waals surface area (Å²) >= 11 is 1.27. The van der Waals surface area contributed by atoms with Crippen LogP contribution in [0.1, 0.15) is 16.1 Å². The predicted molar refractivity (Wildman–Crippen MR) is 70.4 cm³/mol. The van der Waals surface area contributed by atoms with Gasteiger partial charge in [0.15, 0.2) is 5.13 Å². The van der Waals surface area contributed by atoms with Crippen LogP contribution in [0.4, 0.5) is 10.8 Å². The Balaban J connectivity index is 2.26. The molecule has 0 aliphatic rings. The number of carbonyl (C=O) groups excluding carboxylic acids is 1. The largest absolute Gasteiger partial charge is 0.375 e. The van der Waals surface area contributed by atoms with E-state index in [1.165, 1.54) is 11.3 Å². The molecule has 0 saturated carbocycles. The second kappa shape index (κ2) is 4.55. The zero-order valence-electron chi connectivity index (χ0n) is 9.68. The third kappa shape index (κ3) is 2.45. The van der Waals surface area contributed by atoms with Gasteiger partial charge in [-0.05, 0) is 24.6 Å². The molecule has 0 atom stereocenters. The molecule has 2 N–H and O–H groups in total. The minimum Gasteiger partial charge on any atom is -0.375 e. The summed E-state index contributed by atoms with van der Waals surface area (Å²) in [6.07, 6.45) is 0. The van der Waals surface area contributed by atoms with Crippen molar-refractivity contribution in [2.45, 2.75) is 6.92 Å². The Bertz CT molecular complexity index is 550. The first-order valence-electron chi connectivity index (χ1n) is 5.13. The number of nitrogens with zero attached hydrogens (tertiary/aromatic N) is 2. The molecule has 0 aliphatic carbocycles. The number of benzene rings is 1. The van der Waals surface area contributed by atoms with E-state index in [0.717, 1.165) is 11.3 Å². The minimum atomic E-state index is -0.149. The number of carbonyl (C=O) groups is 1. The van der Waals surface area contributed by atoms with Crippen LogP contribution in [-0.4, -0.2) is 17.9 Å². The summed E-state index contributed by atoms with van der Waals surface area (Å²) < 4.78 is 0. The van der Waals surface area contributed by atoms with Crippen molar-refractivity contribution in [3.63, 3.8) is 0 Å². The van der Waals surface area contributed by atoms with Crippen LogP contribution < -0.4 is 10.6 Å². The van der Waals surface area contributed by atoms with Gasteiger partial charge in [0.25, 0.3) is 5.91 Å². The van der Waals surface area contributed by atoms with Gasteiger partial charge in [-0.2, -0.15) is 0 Å². The minimum absolute atomic E-state index is 0.149. The molecule has 0 saturated heterocycles. The zero-order valence-corrected chi connectivity index (χ0v) is 10.5. The van der Waals surface area contributed by atoms with Gasteiger partial charge in [-0.25, -0.2) is 4.98 Å². The lowest BCUT2D eigenvalue weighted by atomic mass is 10.2. The molecule has 0 spiro atoms. The maximum absolute atomic E-state index is 12.1. The van der Waals surface area contributed by atoms with E-state index in [1.807, 2.05) is 31.2 Å². The summed E-state index contributed by atoms with van der Waals surface area (Å²) in [5.74, 6) is -0.149. The van der Waals surface area contributed by atoms with Crippen LogP contribution in [0, 0.1) is 6.92 Å². The zero-order chi connectivity index (χ0) is 12.4. The Morgan fingerprint density at radius 1 is 1.47 bits per heavy atom. The lowest BCUT2D eigenvalue weighted by Crippen LogP contribution is -2.26. The molecule has 0 unspecified atom stereocenters. The fourth-order valence-corrected chi connectivity index (χ4v) is 2.05. The summed E-state index contributed by atoms with van der Waals surface area (Å²) in [5, 5.41) is 2.08. The van der Waals surface area contributed by atoms with Gasteiger partial charge >= 0.3 is 0 Å². The maximum Gasteiger partial charge on any atom is 0.277 e. The van der Waals surface area contributed by atoms with Crippen molar-refractivity contribution in [2.75, 3.05) is 17.7 Å². The molecule has 0 radical (unpaired) electrons. The second-order valence-electron chi connectivity index (χ2n) is 3.77. The summed E-state index contributed by atoms with van der Waals surface area (Å²) in [6.45, 7) is 1.99. The smallest absolute Gasteiger partial charge is 0.277 e. The van der Waals surface area contributed by atoms with Gasteiger partial charge in [-0.15, -0.1) is 11.3 Å². The van der Waals surface area contributed by atoms with E-state index in [0.29, 0.717) is 10.8 Å². The van der Waals surface area contributed by atoms with Crippen LogP contribution in [0.25, 0.3) is 0 Å². The molecule has 5 heteroatoms. The molecule has 17 heavy (non-hydrogen) atoms. The van der Waals surface area contributed by atoms with Crippen LogP contribution in [0.5, 0.6) is 0 Å². The van der Waals surface area contributed by atoms with Crippen molar-refractivity contribution < 1.29 is 4.79 Å². The highest BCUT2D eigenvalue weighted by Crippen LogP contribution is 2.18. The van der Waals surface area contributed by atoms with E-state index in [1.54, 1.807) is 17.3 Å². The van der Waals surface area contributed by atoms with Gasteiger partial charge in [-0.3, -0.25) is 4.79 Å². The number of thiazole rings is 1. The van der Waals surface area contributed by atoms with E-state index in [4.69, 9.17) is 5.73 Å². The Kier molecular flexibility index (Phi) is 3.10. The molecular weight excluding hydrogens is 234 g/mol. The van der Waals surface area contributed by atoms with Crippen LogP contribution in [-0.2, 0) is 0 Å². The van der Waals surface area contributed by atoms with Crippen molar-refractivity contribution in [1.29, 1.82) is 0 Å². The molecule has 1 amide bonds. The Morgan fingerprint density at radius 2 is 2.24 bits per heavy atom. The number of nitrogen functional groups attached to an aromatic ring is 1. The normalized spacial score (nSPS) is 10.2. The second-order valence-corrected chi connectivity index (χ2v) is 4.66.